The number of nitrogens with one attached hydrogen (secondary N) is 1. The molecule has 2 heterocycles. The lowest BCUT2D eigenvalue weighted by atomic mass is 9.97. The van der Waals surface area contributed by atoms with E-state index in [0.717, 1.165) is 26.2 Å². The number of amides is 1. The molecule has 2 aromatic carbocycles. The largest absolute Gasteiger partial charge is 0.338 e. The number of halogens is 3. The molecule has 2 atom stereocenters. The average Bonchev–Trinajstić information content (AvgIpc) is 3.25. The SMILES string of the molecule is Cl.O=C(c1ccc(Cl)c(Cl)c1)c1ccccc1C(=O)N1C[C@H]2CNC[C@H]2C1. The predicted molar refractivity (Wildman–Crippen MR) is 109 cm³/mol. The van der Waals surface area contributed by atoms with Crippen LogP contribution < -0.4 is 5.32 Å². The zero-order valence-corrected chi connectivity index (χ0v) is 16.8. The first-order valence-corrected chi connectivity index (χ1v) is 9.39. The van der Waals surface area contributed by atoms with Crippen LogP contribution in [0.3, 0.4) is 0 Å². The van der Waals surface area contributed by atoms with Gasteiger partial charge in [0.15, 0.2) is 5.78 Å². The average molecular weight is 426 g/mol. The molecule has 0 spiro atoms. The summed E-state index contributed by atoms with van der Waals surface area (Å²) in [6, 6.07) is 11.7. The van der Waals surface area contributed by atoms with E-state index in [0.29, 0.717) is 38.6 Å². The van der Waals surface area contributed by atoms with Crippen molar-refractivity contribution in [2.45, 2.75) is 0 Å². The van der Waals surface area contributed by atoms with Crippen molar-refractivity contribution in [3.63, 3.8) is 0 Å². The molecule has 2 fully saturated rings. The number of ketones is 1. The van der Waals surface area contributed by atoms with Gasteiger partial charge in [0.25, 0.3) is 5.91 Å². The minimum Gasteiger partial charge on any atom is -0.338 e. The molecule has 0 aliphatic carbocycles. The van der Waals surface area contributed by atoms with Crippen LogP contribution in [-0.2, 0) is 0 Å². The van der Waals surface area contributed by atoms with Crippen LogP contribution in [0.15, 0.2) is 42.5 Å². The number of likely N-dealkylation sites (tertiary alicyclic amines) is 1. The lowest BCUT2D eigenvalue weighted by Gasteiger charge is -2.19. The minimum absolute atomic E-state index is 0. The van der Waals surface area contributed by atoms with Crippen molar-refractivity contribution in [1.29, 1.82) is 0 Å². The van der Waals surface area contributed by atoms with Crippen molar-refractivity contribution in [2.24, 2.45) is 11.8 Å². The van der Waals surface area contributed by atoms with Gasteiger partial charge in [-0.25, -0.2) is 0 Å². The van der Waals surface area contributed by atoms with E-state index in [1.165, 1.54) is 0 Å². The molecule has 2 aliphatic rings. The van der Waals surface area contributed by atoms with E-state index in [-0.39, 0.29) is 24.1 Å². The van der Waals surface area contributed by atoms with Crippen LogP contribution in [0, 0.1) is 11.8 Å². The molecule has 0 aromatic heterocycles. The Morgan fingerprint density at radius 1 is 0.926 bits per heavy atom. The molecule has 0 radical (unpaired) electrons. The fourth-order valence-corrected chi connectivity index (χ4v) is 4.15. The molecule has 142 valence electrons. The quantitative estimate of drug-likeness (QED) is 0.758. The van der Waals surface area contributed by atoms with Crippen molar-refractivity contribution in [2.75, 3.05) is 26.2 Å². The Morgan fingerprint density at radius 2 is 1.56 bits per heavy atom. The summed E-state index contributed by atoms with van der Waals surface area (Å²) >= 11 is 12.0. The van der Waals surface area contributed by atoms with E-state index in [9.17, 15) is 9.59 Å². The van der Waals surface area contributed by atoms with E-state index in [4.69, 9.17) is 23.2 Å². The normalized spacial score (nSPS) is 20.9. The maximum absolute atomic E-state index is 13.1. The molecule has 2 aromatic rings. The van der Waals surface area contributed by atoms with Crippen LogP contribution >= 0.6 is 35.6 Å². The number of carbonyl (C=O) groups is 2. The topological polar surface area (TPSA) is 49.4 Å². The molecule has 0 unspecified atom stereocenters. The summed E-state index contributed by atoms with van der Waals surface area (Å²) in [5.74, 6) is 0.714. The maximum Gasteiger partial charge on any atom is 0.254 e. The first-order chi connectivity index (χ1) is 12.5. The molecule has 4 rings (SSSR count). The minimum atomic E-state index is -0.228. The van der Waals surface area contributed by atoms with Gasteiger partial charge in [0.05, 0.1) is 15.6 Å². The van der Waals surface area contributed by atoms with Crippen LogP contribution in [0.1, 0.15) is 26.3 Å². The van der Waals surface area contributed by atoms with Gasteiger partial charge in [-0.2, -0.15) is 0 Å². The predicted octanol–water partition coefficient (Wildman–Crippen LogP) is 3.94. The second kappa shape index (κ2) is 8.19. The molecule has 0 saturated carbocycles. The molecule has 4 nitrogen and oxygen atoms in total. The number of benzene rings is 2. The van der Waals surface area contributed by atoms with Gasteiger partial charge in [0.1, 0.15) is 0 Å². The lowest BCUT2D eigenvalue weighted by Crippen LogP contribution is -2.32. The van der Waals surface area contributed by atoms with Crippen LogP contribution in [-0.4, -0.2) is 42.8 Å². The van der Waals surface area contributed by atoms with Crippen LogP contribution in [0.2, 0.25) is 10.0 Å². The molecule has 0 bridgehead atoms. The molecule has 7 heteroatoms. The summed E-state index contributed by atoms with van der Waals surface area (Å²) in [5, 5.41) is 4.08. The Morgan fingerprint density at radius 3 is 2.19 bits per heavy atom. The molecular weight excluding hydrogens is 407 g/mol. The van der Waals surface area contributed by atoms with E-state index >= 15 is 0 Å². The Balaban J connectivity index is 0.00000210. The number of nitrogens with zero attached hydrogens (tertiary/aromatic N) is 1. The third-order valence-electron chi connectivity index (χ3n) is 5.26. The zero-order chi connectivity index (χ0) is 18.3. The second-order valence-corrected chi connectivity index (χ2v) is 7.71. The lowest BCUT2D eigenvalue weighted by molar-refractivity contribution is 0.0777. The van der Waals surface area contributed by atoms with Gasteiger partial charge in [0, 0.05) is 37.3 Å². The zero-order valence-electron chi connectivity index (χ0n) is 14.5. The standard InChI is InChI=1S/C20H18Cl2N2O2.ClH/c21-17-6-5-12(7-18(17)22)19(25)15-3-1-2-4-16(15)20(26)24-10-13-8-23-9-14(13)11-24;/h1-7,13-14,23H,8-11H2;1H/t13-,14+;. The third kappa shape index (κ3) is 3.85. The molecular formula is C20H19Cl3N2O2. The van der Waals surface area contributed by atoms with Gasteiger partial charge in [-0.15, -0.1) is 12.4 Å². The first-order valence-electron chi connectivity index (χ1n) is 8.63. The number of carbonyl (C=O) groups excluding carboxylic acids is 2. The van der Waals surface area contributed by atoms with Crippen molar-refractivity contribution in [3.8, 4) is 0 Å². The highest BCUT2D eigenvalue weighted by Crippen LogP contribution is 2.29. The Hall–Kier alpha value is -1.59. The van der Waals surface area contributed by atoms with Gasteiger partial charge < -0.3 is 10.2 Å². The highest BCUT2D eigenvalue weighted by molar-refractivity contribution is 6.42. The van der Waals surface area contributed by atoms with E-state index in [1.807, 2.05) is 4.90 Å². The van der Waals surface area contributed by atoms with Crippen LogP contribution in [0.4, 0.5) is 0 Å². The number of hydrogen-bond acceptors (Lipinski definition) is 3. The summed E-state index contributed by atoms with van der Waals surface area (Å²) in [7, 11) is 0. The fourth-order valence-electron chi connectivity index (χ4n) is 3.85. The fraction of sp³-hybridized carbons (Fsp3) is 0.300. The summed E-state index contributed by atoms with van der Waals surface area (Å²) in [4.78, 5) is 27.9. The number of fused-ring (bicyclic) bond motifs is 1. The molecule has 2 aliphatic heterocycles. The van der Waals surface area contributed by atoms with Crippen LogP contribution in [0.5, 0.6) is 0 Å². The first kappa shape index (κ1) is 20.2. The molecule has 2 saturated heterocycles. The van der Waals surface area contributed by atoms with Crippen molar-refractivity contribution < 1.29 is 9.59 Å². The Kier molecular flexibility index (Phi) is 6.11. The van der Waals surface area contributed by atoms with Crippen LogP contribution in [0.25, 0.3) is 0 Å². The monoisotopic (exact) mass is 424 g/mol. The highest BCUT2D eigenvalue weighted by atomic mass is 35.5. The van der Waals surface area contributed by atoms with Gasteiger partial charge in [-0.1, -0.05) is 41.4 Å². The van der Waals surface area contributed by atoms with Gasteiger partial charge in [-0.05, 0) is 36.1 Å². The summed E-state index contributed by atoms with van der Waals surface area (Å²) in [6.45, 7) is 3.40. The third-order valence-corrected chi connectivity index (χ3v) is 6.00. The maximum atomic E-state index is 13.1. The molecule has 27 heavy (non-hydrogen) atoms. The van der Waals surface area contributed by atoms with Gasteiger partial charge >= 0.3 is 0 Å². The smallest absolute Gasteiger partial charge is 0.254 e. The van der Waals surface area contributed by atoms with E-state index < -0.39 is 0 Å². The van der Waals surface area contributed by atoms with Gasteiger partial charge in [-0.3, -0.25) is 9.59 Å². The van der Waals surface area contributed by atoms with E-state index in [2.05, 4.69) is 5.32 Å². The van der Waals surface area contributed by atoms with Crippen molar-refractivity contribution in [3.05, 3.63) is 69.2 Å². The van der Waals surface area contributed by atoms with Crippen molar-refractivity contribution >= 4 is 47.3 Å². The summed E-state index contributed by atoms with van der Waals surface area (Å²) in [5.41, 5.74) is 1.25. The number of hydrogen-bond donors (Lipinski definition) is 1. The van der Waals surface area contributed by atoms with Crippen molar-refractivity contribution in [1.82, 2.24) is 10.2 Å². The Bertz CT molecular complexity index is 875. The van der Waals surface area contributed by atoms with E-state index in [1.54, 1.807) is 42.5 Å². The van der Waals surface area contributed by atoms with Gasteiger partial charge in [0.2, 0.25) is 0 Å². The molecule has 1 amide bonds. The Labute approximate surface area is 174 Å². The second-order valence-electron chi connectivity index (χ2n) is 6.89. The number of rotatable bonds is 3. The summed E-state index contributed by atoms with van der Waals surface area (Å²) in [6.07, 6.45) is 0. The highest BCUT2D eigenvalue weighted by Gasteiger charge is 2.38. The molecule has 1 N–H and O–H groups in total. The summed E-state index contributed by atoms with van der Waals surface area (Å²) < 4.78 is 0.